The van der Waals surface area contributed by atoms with Crippen molar-refractivity contribution in [1.82, 2.24) is 20.6 Å². The second-order valence-corrected chi connectivity index (χ2v) is 7.22. The monoisotopic (exact) mass is 432 g/mol. The van der Waals surface area contributed by atoms with Crippen LogP contribution in [0.4, 0.5) is 4.39 Å². The van der Waals surface area contributed by atoms with Crippen molar-refractivity contribution in [3.8, 4) is 11.4 Å². The lowest BCUT2D eigenvalue weighted by molar-refractivity contribution is -0.128. The quantitative estimate of drug-likeness (QED) is 0.471. The van der Waals surface area contributed by atoms with Gasteiger partial charge in [-0.05, 0) is 48.9 Å². The van der Waals surface area contributed by atoms with E-state index in [0.717, 1.165) is 10.8 Å². The van der Waals surface area contributed by atoms with Gasteiger partial charge in [-0.2, -0.15) is 5.10 Å². The number of benzene rings is 3. The number of hydrogen-bond donors (Lipinski definition) is 2. The maximum absolute atomic E-state index is 14.0. The molecular formula is C24H21FN4O3. The van der Waals surface area contributed by atoms with E-state index in [9.17, 15) is 14.0 Å². The van der Waals surface area contributed by atoms with Crippen LogP contribution in [0.3, 0.4) is 0 Å². The summed E-state index contributed by atoms with van der Waals surface area (Å²) in [5.74, 6) is -1.01. The second kappa shape index (κ2) is 8.89. The summed E-state index contributed by atoms with van der Waals surface area (Å²) in [6, 6.07) is 19.5. The minimum atomic E-state index is -0.848. The van der Waals surface area contributed by atoms with E-state index >= 15 is 0 Å². The first-order valence-corrected chi connectivity index (χ1v) is 9.99. The van der Waals surface area contributed by atoms with Crippen LogP contribution in [0.25, 0.3) is 16.5 Å². The van der Waals surface area contributed by atoms with Crippen molar-refractivity contribution in [3.05, 3.63) is 90.0 Å². The van der Waals surface area contributed by atoms with Crippen LogP contribution in [-0.4, -0.2) is 27.7 Å². The van der Waals surface area contributed by atoms with Crippen molar-refractivity contribution in [3.63, 3.8) is 0 Å². The number of carbonyl (C=O) groups excluding carboxylic acids is 2. The number of carbonyl (C=O) groups is 2. The first kappa shape index (κ1) is 21.0. The van der Waals surface area contributed by atoms with Gasteiger partial charge in [0.2, 0.25) is 0 Å². The smallest absolute Gasteiger partial charge is 0.279 e. The molecule has 0 aliphatic carbocycles. The van der Waals surface area contributed by atoms with Gasteiger partial charge >= 0.3 is 0 Å². The van der Waals surface area contributed by atoms with Crippen molar-refractivity contribution >= 4 is 22.6 Å². The molecule has 0 fully saturated rings. The Morgan fingerprint density at radius 1 is 1.00 bits per heavy atom. The Morgan fingerprint density at radius 2 is 1.72 bits per heavy atom. The van der Waals surface area contributed by atoms with Crippen LogP contribution in [0.5, 0.6) is 5.75 Å². The minimum Gasteiger partial charge on any atom is -0.481 e. The average Bonchev–Trinajstić information content (AvgIpc) is 3.18. The highest BCUT2D eigenvalue weighted by molar-refractivity contribution is 5.96. The lowest BCUT2D eigenvalue weighted by Crippen LogP contribution is -2.47. The molecule has 0 spiro atoms. The topological polar surface area (TPSA) is 85.2 Å². The van der Waals surface area contributed by atoms with E-state index in [0.29, 0.717) is 11.4 Å². The largest absolute Gasteiger partial charge is 0.481 e. The Kier molecular flexibility index (Phi) is 5.85. The number of hydrazine groups is 1. The number of halogens is 1. The first-order chi connectivity index (χ1) is 15.4. The van der Waals surface area contributed by atoms with Crippen LogP contribution in [0.15, 0.2) is 72.9 Å². The van der Waals surface area contributed by atoms with Gasteiger partial charge in [0.15, 0.2) is 6.10 Å². The van der Waals surface area contributed by atoms with Gasteiger partial charge in [0, 0.05) is 0 Å². The molecule has 162 valence electrons. The molecule has 7 nitrogen and oxygen atoms in total. The van der Waals surface area contributed by atoms with Crippen LogP contribution < -0.4 is 15.6 Å². The molecule has 0 saturated carbocycles. The average molecular weight is 432 g/mol. The zero-order valence-electron chi connectivity index (χ0n) is 17.5. The molecule has 1 atom stereocenters. The van der Waals surface area contributed by atoms with Gasteiger partial charge in [-0.25, -0.2) is 9.07 Å². The van der Waals surface area contributed by atoms with E-state index in [1.165, 1.54) is 16.9 Å². The summed E-state index contributed by atoms with van der Waals surface area (Å²) < 4.78 is 21.1. The summed E-state index contributed by atoms with van der Waals surface area (Å²) in [6.07, 6.45) is 0.469. The van der Waals surface area contributed by atoms with Gasteiger partial charge in [-0.3, -0.25) is 20.4 Å². The molecule has 0 bridgehead atoms. The number of amides is 2. The summed E-state index contributed by atoms with van der Waals surface area (Å²) >= 11 is 0. The van der Waals surface area contributed by atoms with E-state index in [-0.39, 0.29) is 11.3 Å². The van der Waals surface area contributed by atoms with E-state index in [2.05, 4.69) is 16.0 Å². The molecule has 32 heavy (non-hydrogen) atoms. The molecule has 3 aromatic carbocycles. The van der Waals surface area contributed by atoms with Crippen LogP contribution in [0, 0.1) is 12.7 Å². The molecule has 0 saturated heterocycles. The van der Waals surface area contributed by atoms with Gasteiger partial charge in [-0.1, -0.05) is 42.5 Å². The number of nitrogens with one attached hydrogen (secondary N) is 2. The molecular weight excluding hydrogens is 411 g/mol. The molecule has 1 unspecified atom stereocenters. The number of ether oxygens (including phenoxy) is 1. The van der Waals surface area contributed by atoms with Crippen LogP contribution >= 0.6 is 0 Å². The zero-order chi connectivity index (χ0) is 22.7. The Hall–Kier alpha value is -4.20. The molecule has 1 heterocycles. The second-order valence-electron chi connectivity index (χ2n) is 7.22. The molecule has 0 aliphatic heterocycles. The molecule has 2 amide bonds. The van der Waals surface area contributed by atoms with E-state index in [1.54, 1.807) is 38.1 Å². The van der Waals surface area contributed by atoms with Crippen molar-refractivity contribution in [2.75, 3.05) is 0 Å². The lowest BCUT2D eigenvalue weighted by atomic mass is 10.1. The van der Waals surface area contributed by atoms with Crippen molar-refractivity contribution in [2.45, 2.75) is 20.0 Å². The van der Waals surface area contributed by atoms with E-state index in [1.807, 2.05) is 36.4 Å². The summed E-state index contributed by atoms with van der Waals surface area (Å²) in [4.78, 5) is 24.9. The van der Waals surface area contributed by atoms with Gasteiger partial charge < -0.3 is 4.74 Å². The number of fused-ring (bicyclic) bond motifs is 1. The minimum absolute atomic E-state index is 0.205. The van der Waals surface area contributed by atoms with E-state index in [4.69, 9.17) is 4.74 Å². The summed E-state index contributed by atoms with van der Waals surface area (Å²) in [5.41, 5.74) is 5.57. The fourth-order valence-electron chi connectivity index (χ4n) is 3.28. The third-order valence-electron chi connectivity index (χ3n) is 5.04. The van der Waals surface area contributed by atoms with E-state index < -0.39 is 23.7 Å². The van der Waals surface area contributed by atoms with Gasteiger partial charge in [0.1, 0.15) is 17.3 Å². The summed E-state index contributed by atoms with van der Waals surface area (Å²) in [7, 11) is 0. The van der Waals surface area contributed by atoms with Crippen molar-refractivity contribution in [1.29, 1.82) is 0 Å². The highest BCUT2D eigenvalue weighted by Crippen LogP contribution is 2.21. The molecule has 0 aliphatic rings. The van der Waals surface area contributed by atoms with Gasteiger partial charge in [0.05, 0.1) is 17.5 Å². The maximum Gasteiger partial charge on any atom is 0.279 e. The first-order valence-electron chi connectivity index (χ1n) is 9.99. The lowest BCUT2D eigenvalue weighted by Gasteiger charge is -2.15. The van der Waals surface area contributed by atoms with Crippen molar-refractivity contribution in [2.24, 2.45) is 0 Å². The Labute approximate surface area is 183 Å². The Balaban J connectivity index is 1.38. The third-order valence-corrected chi connectivity index (χ3v) is 5.04. The summed E-state index contributed by atoms with van der Waals surface area (Å²) in [6.45, 7) is 3.22. The summed E-state index contributed by atoms with van der Waals surface area (Å²) in [5, 5.41) is 6.15. The Morgan fingerprint density at radius 3 is 2.50 bits per heavy atom. The van der Waals surface area contributed by atoms with Crippen molar-refractivity contribution < 1.29 is 18.7 Å². The third kappa shape index (κ3) is 4.29. The number of nitrogens with zero attached hydrogens (tertiary/aromatic N) is 2. The number of para-hydroxylation sites is 1. The zero-order valence-corrected chi connectivity index (χ0v) is 17.5. The standard InChI is InChI=1S/C24H21FN4O3/c1-15-20(14-26-29(15)22-10-6-5-9-21(22)25)24(31)28-27-23(30)16(2)32-19-12-11-17-7-3-4-8-18(17)13-19/h3-14,16H,1-2H3,(H,27,30)(H,28,31). The maximum atomic E-state index is 14.0. The molecule has 8 heteroatoms. The fraction of sp³-hybridized carbons (Fsp3) is 0.125. The highest BCUT2D eigenvalue weighted by Gasteiger charge is 2.19. The molecule has 2 N–H and O–H groups in total. The molecule has 4 rings (SSSR count). The molecule has 0 radical (unpaired) electrons. The highest BCUT2D eigenvalue weighted by atomic mass is 19.1. The number of hydrogen-bond acceptors (Lipinski definition) is 4. The Bertz CT molecular complexity index is 1300. The normalized spacial score (nSPS) is 11.7. The SMILES string of the molecule is Cc1c(C(=O)NNC(=O)C(C)Oc2ccc3ccccc3c2)cnn1-c1ccccc1F. The van der Waals surface area contributed by atoms with Gasteiger partial charge in [0.25, 0.3) is 11.8 Å². The van der Waals surface area contributed by atoms with Gasteiger partial charge in [-0.15, -0.1) is 0 Å². The number of aromatic nitrogens is 2. The van der Waals surface area contributed by atoms with Crippen LogP contribution in [0.2, 0.25) is 0 Å². The number of rotatable bonds is 5. The predicted octanol–water partition coefficient (Wildman–Crippen LogP) is 3.70. The fourth-order valence-corrected chi connectivity index (χ4v) is 3.28. The molecule has 1 aromatic heterocycles. The molecule has 4 aromatic rings. The van der Waals surface area contributed by atoms with Crippen LogP contribution in [-0.2, 0) is 4.79 Å². The van der Waals surface area contributed by atoms with Crippen LogP contribution in [0.1, 0.15) is 23.0 Å². The predicted molar refractivity (Wildman–Crippen MR) is 118 cm³/mol.